The van der Waals surface area contributed by atoms with E-state index in [0.717, 1.165) is 5.56 Å². The molecule has 0 unspecified atom stereocenters. The van der Waals surface area contributed by atoms with Gasteiger partial charge < -0.3 is 15.2 Å². The fourth-order valence-corrected chi connectivity index (χ4v) is 2.52. The molecule has 1 amide bonds. The van der Waals surface area contributed by atoms with Crippen LogP contribution in [0.25, 0.3) is 0 Å². The van der Waals surface area contributed by atoms with Crippen molar-refractivity contribution in [1.29, 1.82) is 0 Å². The number of aliphatic carboxylic acids is 1. The van der Waals surface area contributed by atoms with Crippen molar-refractivity contribution in [2.45, 2.75) is 20.4 Å². The summed E-state index contributed by atoms with van der Waals surface area (Å²) in [6, 6.07) is 3.52. The van der Waals surface area contributed by atoms with Gasteiger partial charge in [-0.2, -0.15) is 0 Å². The molecule has 0 aliphatic heterocycles. The molecule has 1 aromatic heterocycles. The minimum Gasteiger partial charge on any atom is -0.481 e. The summed E-state index contributed by atoms with van der Waals surface area (Å²) in [5.41, 5.74) is 0.359. The summed E-state index contributed by atoms with van der Waals surface area (Å²) in [7, 11) is 1.53. The highest BCUT2D eigenvalue weighted by Crippen LogP contribution is 2.58. The minimum atomic E-state index is -0.915. The monoisotopic (exact) mass is 278 g/mol. The average Bonchev–Trinajstić information content (AvgIpc) is 3.00. The number of pyridine rings is 1. The largest absolute Gasteiger partial charge is 0.481 e. The van der Waals surface area contributed by atoms with Crippen molar-refractivity contribution in [2.24, 2.45) is 17.3 Å². The predicted molar refractivity (Wildman–Crippen MR) is 71.0 cm³/mol. The molecule has 0 spiro atoms. The van der Waals surface area contributed by atoms with Gasteiger partial charge in [0.05, 0.1) is 18.9 Å². The van der Waals surface area contributed by atoms with Gasteiger partial charge in [0.15, 0.2) is 0 Å². The van der Waals surface area contributed by atoms with Crippen LogP contribution < -0.4 is 10.1 Å². The van der Waals surface area contributed by atoms with Gasteiger partial charge in [-0.3, -0.25) is 9.59 Å². The molecular formula is C14H18N2O4. The number of carboxylic acid groups (broad SMARTS) is 1. The molecule has 1 aliphatic carbocycles. The van der Waals surface area contributed by atoms with E-state index in [1.807, 2.05) is 0 Å². The highest BCUT2D eigenvalue weighted by Gasteiger charge is 2.65. The van der Waals surface area contributed by atoms with Crippen LogP contribution in [0.15, 0.2) is 18.3 Å². The maximum absolute atomic E-state index is 12.0. The fraction of sp³-hybridized carbons (Fsp3) is 0.500. The molecule has 6 nitrogen and oxygen atoms in total. The molecule has 2 rings (SSSR count). The number of nitrogens with zero attached hydrogens (tertiary/aromatic N) is 1. The molecule has 0 radical (unpaired) electrons. The van der Waals surface area contributed by atoms with Crippen LogP contribution in [0.4, 0.5) is 0 Å². The van der Waals surface area contributed by atoms with E-state index in [2.05, 4.69) is 10.3 Å². The molecule has 108 valence electrons. The molecule has 0 aromatic carbocycles. The fourth-order valence-electron chi connectivity index (χ4n) is 2.52. The second kappa shape index (κ2) is 5.11. The molecule has 1 saturated carbocycles. The van der Waals surface area contributed by atoms with Crippen molar-refractivity contribution in [3.8, 4) is 5.88 Å². The van der Waals surface area contributed by atoms with Crippen molar-refractivity contribution in [2.75, 3.05) is 7.11 Å². The molecular weight excluding hydrogens is 260 g/mol. The molecule has 2 atom stereocenters. The number of carbonyl (C=O) groups excluding carboxylic acids is 1. The van der Waals surface area contributed by atoms with Crippen LogP contribution in [0.5, 0.6) is 5.88 Å². The molecule has 1 heterocycles. The van der Waals surface area contributed by atoms with Crippen LogP contribution in [0, 0.1) is 17.3 Å². The summed E-state index contributed by atoms with van der Waals surface area (Å²) >= 11 is 0. The van der Waals surface area contributed by atoms with Crippen molar-refractivity contribution in [1.82, 2.24) is 10.3 Å². The number of rotatable bonds is 5. The first-order chi connectivity index (χ1) is 9.37. The molecule has 0 saturated heterocycles. The van der Waals surface area contributed by atoms with Gasteiger partial charge in [0.25, 0.3) is 0 Å². The third kappa shape index (κ3) is 2.59. The number of aromatic nitrogens is 1. The lowest BCUT2D eigenvalue weighted by Gasteiger charge is -2.06. The highest BCUT2D eigenvalue weighted by atomic mass is 16.5. The Morgan fingerprint density at radius 3 is 2.55 bits per heavy atom. The van der Waals surface area contributed by atoms with Crippen molar-refractivity contribution >= 4 is 11.9 Å². The number of nitrogens with one attached hydrogen (secondary N) is 1. The SMILES string of the molecule is COc1ccc(CNC(=O)[C@H]2[C@@H](C(=O)O)C2(C)C)cn1. The van der Waals surface area contributed by atoms with E-state index in [0.29, 0.717) is 12.4 Å². The van der Waals surface area contributed by atoms with Gasteiger partial charge in [0, 0.05) is 18.8 Å². The smallest absolute Gasteiger partial charge is 0.307 e. The summed E-state index contributed by atoms with van der Waals surface area (Å²) in [4.78, 5) is 27.1. The number of carboxylic acids is 1. The Bertz CT molecular complexity index is 524. The second-order valence-corrected chi connectivity index (χ2v) is 5.54. The topological polar surface area (TPSA) is 88.5 Å². The predicted octanol–water partition coefficient (Wildman–Crippen LogP) is 1.06. The Morgan fingerprint density at radius 2 is 2.10 bits per heavy atom. The normalized spacial score (nSPS) is 22.9. The van der Waals surface area contributed by atoms with Crippen molar-refractivity contribution in [3.63, 3.8) is 0 Å². The first-order valence-corrected chi connectivity index (χ1v) is 6.37. The van der Waals surface area contributed by atoms with E-state index in [1.54, 1.807) is 32.2 Å². The molecule has 1 fully saturated rings. The van der Waals surface area contributed by atoms with Crippen LogP contribution in [-0.4, -0.2) is 29.1 Å². The van der Waals surface area contributed by atoms with Gasteiger partial charge in [0.2, 0.25) is 11.8 Å². The zero-order valence-electron chi connectivity index (χ0n) is 11.7. The van der Waals surface area contributed by atoms with Gasteiger partial charge in [-0.15, -0.1) is 0 Å². The number of hydrogen-bond acceptors (Lipinski definition) is 4. The lowest BCUT2D eigenvalue weighted by atomic mass is 10.1. The maximum atomic E-state index is 12.0. The van der Waals surface area contributed by atoms with E-state index >= 15 is 0 Å². The Labute approximate surface area is 117 Å². The van der Waals surface area contributed by atoms with Crippen LogP contribution in [0.3, 0.4) is 0 Å². The Balaban J connectivity index is 1.91. The average molecular weight is 278 g/mol. The third-order valence-electron chi connectivity index (χ3n) is 3.85. The zero-order valence-corrected chi connectivity index (χ0v) is 11.7. The van der Waals surface area contributed by atoms with E-state index in [-0.39, 0.29) is 5.91 Å². The Morgan fingerprint density at radius 1 is 1.40 bits per heavy atom. The number of ether oxygens (including phenoxy) is 1. The van der Waals surface area contributed by atoms with E-state index in [9.17, 15) is 9.59 Å². The first-order valence-electron chi connectivity index (χ1n) is 6.37. The molecule has 0 bridgehead atoms. The van der Waals surface area contributed by atoms with E-state index < -0.39 is 23.2 Å². The number of carbonyl (C=O) groups is 2. The third-order valence-corrected chi connectivity index (χ3v) is 3.85. The van der Waals surface area contributed by atoms with Crippen molar-refractivity contribution in [3.05, 3.63) is 23.9 Å². The van der Waals surface area contributed by atoms with Gasteiger partial charge in [-0.05, 0) is 11.0 Å². The lowest BCUT2D eigenvalue weighted by molar-refractivity contribution is -0.140. The molecule has 1 aliphatic rings. The summed E-state index contributed by atoms with van der Waals surface area (Å²) in [6.45, 7) is 3.92. The Kier molecular flexibility index (Phi) is 3.65. The van der Waals surface area contributed by atoms with Crippen LogP contribution in [-0.2, 0) is 16.1 Å². The van der Waals surface area contributed by atoms with Gasteiger partial charge >= 0.3 is 5.97 Å². The summed E-state index contributed by atoms with van der Waals surface area (Å²) in [6.07, 6.45) is 1.62. The summed E-state index contributed by atoms with van der Waals surface area (Å²) in [5.74, 6) is -1.70. The summed E-state index contributed by atoms with van der Waals surface area (Å²) in [5, 5.41) is 11.8. The Hall–Kier alpha value is -2.11. The quantitative estimate of drug-likeness (QED) is 0.841. The molecule has 6 heteroatoms. The minimum absolute atomic E-state index is 0.224. The van der Waals surface area contributed by atoms with Gasteiger partial charge in [-0.25, -0.2) is 4.98 Å². The number of hydrogen-bond donors (Lipinski definition) is 2. The number of methoxy groups -OCH3 is 1. The molecule has 2 N–H and O–H groups in total. The van der Waals surface area contributed by atoms with Crippen LogP contribution >= 0.6 is 0 Å². The second-order valence-electron chi connectivity index (χ2n) is 5.54. The standard InChI is InChI=1S/C14H18N2O4/c1-14(2)10(11(14)13(18)19)12(17)16-7-8-4-5-9(20-3)15-6-8/h4-6,10-11H,7H2,1-3H3,(H,16,17)(H,18,19)/t10-,11+/m1/s1. The number of amides is 1. The summed E-state index contributed by atoms with van der Waals surface area (Å²) < 4.78 is 4.95. The lowest BCUT2D eigenvalue weighted by Crippen LogP contribution is -2.26. The zero-order chi connectivity index (χ0) is 14.9. The van der Waals surface area contributed by atoms with Crippen LogP contribution in [0.1, 0.15) is 19.4 Å². The van der Waals surface area contributed by atoms with E-state index in [1.165, 1.54) is 7.11 Å². The van der Waals surface area contributed by atoms with Gasteiger partial charge in [-0.1, -0.05) is 19.9 Å². The van der Waals surface area contributed by atoms with Crippen LogP contribution in [0.2, 0.25) is 0 Å². The first kappa shape index (κ1) is 14.3. The van der Waals surface area contributed by atoms with Crippen molar-refractivity contribution < 1.29 is 19.4 Å². The molecule has 20 heavy (non-hydrogen) atoms. The molecule has 1 aromatic rings. The van der Waals surface area contributed by atoms with Gasteiger partial charge in [0.1, 0.15) is 0 Å². The maximum Gasteiger partial charge on any atom is 0.307 e. The highest BCUT2D eigenvalue weighted by molar-refractivity contribution is 5.91. The van der Waals surface area contributed by atoms with E-state index in [4.69, 9.17) is 9.84 Å².